The number of hydrogen-bond donors (Lipinski definition) is 1. The summed E-state index contributed by atoms with van der Waals surface area (Å²) < 4.78 is 5.65. The third-order valence-corrected chi connectivity index (χ3v) is 3.87. The first-order valence-electron chi connectivity index (χ1n) is 6.54. The van der Waals surface area contributed by atoms with Crippen molar-refractivity contribution in [2.45, 2.75) is 51.5 Å². The van der Waals surface area contributed by atoms with E-state index in [1.165, 1.54) is 44.1 Å². The summed E-state index contributed by atoms with van der Waals surface area (Å²) in [7, 11) is 2.05. The minimum absolute atomic E-state index is 0.410. The topological polar surface area (TPSA) is 25.2 Å². The molecule has 1 unspecified atom stereocenters. The highest BCUT2D eigenvalue weighted by atomic mass is 16.3. The Kier molecular flexibility index (Phi) is 4.05. The third-order valence-electron chi connectivity index (χ3n) is 3.87. The molecule has 1 aliphatic carbocycles. The molecule has 2 heteroatoms. The first-order chi connectivity index (χ1) is 7.83. The summed E-state index contributed by atoms with van der Waals surface area (Å²) in [5.74, 6) is 1.90. The smallest absolute Gasteiger partial charge is 0.123 e. The van der Waals surface area contributed by atoms with E-state index in [1.54, 1.807) is 0 Å². The molecule has 0 amide bonds. The van der Waals surface area contributed by atoms with E-state index in [-0.39, 0.29) is 0 Å². The van der Waals surface area contributed by atoms with E-state index in [2.05, 4.69) is 25.4 Å². The predicted octanol–water partition coefficient (Wildman–Crippen LogP) is 3.82. The number of aryl methyl sites for hydroxylation is 1. The Morgan fingerprint density at radius 1 is 1.25 bits per heavy atom. The maximum absolute atomic E-state index is 5.65. The highest BCUT2D eigenvalue weighted by molar-refractivity contribution is 5.19. The van der Waals surface area contributed by atoms with E-state index in [1.807, 2.05) is 6.26 Å². The average Bonchev–Trinajstić information content (AvgIpc) is 2.57. The lowest BCUT2D eigenvalue weighted by atomic mass is 9.89. The van der Waals surface area contributed by atoms with Gasteiger partial charge in [0.15, 0.2) is 0 Å². The zero-order chi connectivity index (χ0) is 11.4. The molecule has 0 aromatic carbocycles. The van der Waals surface area contributed by atoms with Crippen LogP contribution in [0.3, 0.4) is 0 Å². The van der Waals surface area contributed by atoms with Gasteiger partial charge in [-0.05, 0) is 44.4 Å². The molecule has 90 valence electrons. The van der Waals surface area contributed by atoms with Gasteiger partial charge in [0.25, 0.3) is 0 Å². The second kappa shape index (κ2) is 5.53. The Morgan fingerprint density at radius 3 is 2.44 bits per heavy atom. The summed E-state index contributed by atoms with van der Waals surface area (Å²) >= 11 is 0. The van der Waals surface area contributed by atoms with Crippen LogP contribution in [0.4, 0.5) is 0 Å². The van der Waals surface area contributed by atoms with E-state index in [0.29, 0.717) is 6.04 Å². The quantitative estimate of drug-likeness (QED) is 0.785. The molecule has 2 nitrogen and oxygen atoms in total. The second-order valence-electron chi connectivity index (χ2n) is 4.99. The maximum Gasteiger partial charge on any atom is 0.123 e. The number of hydrogen-bond acceptors (Lipinski definition) is 2. The molecular formula is C14H23NO. The zero-order valence-corrected chi connectivity index (χ0v) is 10.5. The van der Waals surface area contributed by atoms with Gasteiger partial charge >= 0.3 is 0 Å². The van der Waals surface area contributed by atoms with E-state index in [9.17, 15) is 0 Å². The third kappa shape index (κ3) is 2.49. The fraction of sp³-hybridized carbons (Fsp3) is 0.714. The van der Waals surface area contributed by atoms with Crippen molar-refractivity contribution < 1.29 is 4.42 Å². The van der Waals surface area contributed by atoms with Gasteiger partial charge < -0.3 is 9.73 Å². The second-order valence-corrected chi connectivity index (χ2v) is 4.99. The van der Waals surface area contributed by atoms with Gasteiger partial charge in [-0.15, -0.1) is 0 Å². The monoisotopic (exact) mass is 221 g/mol. The highest BCUT2D eigenvalue weighted by Gasteiger charge is 2.26. The summed E-state index contributed by atoms with van der Waals surface area (Å²) in [5.41, 5.74) is 1.28. The van der Waals surface area contributed by atoms with Crippen LogP contribution in [-0.4, -0.2) is 7.05 Å². The van der Waals surface area contributed by atoms with Gasteiger partial charge in [-0.1, -0.05) is 25.7 Å². The van der Waals surface area contributed by atoms with E-state index in [0.717, 1.165) is 11.7 Å². The number of nitrogens with one attached hydrogen (secondary N) is 1. The molecule has 1 atom stereocenters. The molecule has 0 aliphatic heterocycles. The molecule has 1 fully saturated rings. The van der Waals surface area contributed by atoms with Crippen LogP contribution in [0.2, 0.25) is 0 Å². The summed E-state index contributed by atoms with van der Waals surface area (Å²) in [6.45, 7) is 2.14. The van der Waals surface area contributed by atoms with Crippen molar-refractivity contribution in [1.29, 1.82) is 0 Å². The summed E-state index contributed by atoms with van der Waals surface area (Å²) in [6.07, 6.45) is 10.1. The highest BCUT2D eigenvalue weighted by Crippen LogP contribution is 2.34. The van der Waals surface area contributed by atoms with Crippen LogP contribution in [0.5, 0.6) is 0 Å². The van der Waals surface area contributed by atoms with Crippen LogP contribution >= 0.6 is 0 Å². The van der Waals surface area contributed by atoms with Crippen LogP contribution in [0.1, 0.15) is 55.9 Å². The molecule has 1 saturated carbocycles. The SMILES string of the molecule is CNC(c1occc1C)C1CCCCCC1. The molecule has 0 saturated heterocycles. The lowest BCUT2D eigenvalue weighted by molar-refractivity contribution is 0.295. The van der Waals surface area contributed by atoms with Gasteiger partial charge in [0.2, 0.25) is 0 Å². The van der Waals surface area contributed by atoms with Crippen molar-refractivity contribution in [3.8, 4) is 0 Å². The van der Waals surface area contributed by atoms with Gasteiger partial charge in [-0.25, -0.2) is 0 Å². The molecule has 1 aliphatic rings. The van der Waals surface area contributed by atoms with E-state index < -0.39 is 0 Å². The lowest BCUT2D eigenvalue weighted by Gasteiger charge is -2.24. The van der Waals surface area contributed by atoms with Gasteiger partial charge in [0.1, 0.15) is 5.76 Å². The molecule has 0 radical (unpaired) electrons. The van der Waals surface area contributed by atoms with Crippen LogP contribution < -0.4 is 5.32 Å². The van der Waals surface area contributed by atoms with Crippen molar-refractivity contribution in [1.82, 2.24) is 5.32 Å². The van der Waals surface area contributed by atoms with Gasteiger partial charge in [-0.2, -0.15) is 0 Å². The first-order valence-corrected chi connectivity index (χ1v) is 6.54. The van der Waals surface area contributed by atoms with E-state index in [4.69, 9.17) is 4.42 Å². The van der Waals surface area contributed by atoms with Crippen LogP contribution in [0, 0.1) is 12.8 Å². The molecular weight excluding hydrogens is 198 g/mol. The zero-order valence-electron chi connectivity index (χ0n) is 10.5. The Labute approximate surface area is 98.4 Å². The molecule has 1 aromatic rings. The van der Waals surface area contributed by atoms with Gasteiger partial charge in [-0.3, -0.25) is 0 Å². The van der Waals surface area contributed by atoms with Crippen molar-refractivity contribution in [2.24, 2.45) is 5.92 Å². The lowest BCUT2D eigenvalue weighted by Crippen LogP contribution is -2.25. The van der Waals surface area contributed by atoms with Crippen molar-refractivity contribution in [3.63, 3.8) is 0 Å². The number of rotatable bonds is 3. The van der Waals surface area contributed by atoms with E-state index >= 15 is 0 Å². The van der Waals surface area contributed by atoms with Crippen LogP contribution in [0.15, 0.2) is 16.7 Å². The van der Waals surface area contributed by atoms with Gasteiger partial charge in [0, 0.05) is 0 Å². The Hall–Kier alpha value is -0.760. The van der Waals surface area contributed by atoms with Crippen molar-refractivity contribution in [2.75, 3.05) is 7.05 Å². The average molecular weight is 221 g/mol. The van der Waals surface area contributed by atoms with Crippen molar-refractivity contribution >= 4 is 0 Å². The van der Waals surface area contributed by atoms with Crippen LogP contribution in [-0.2, 0) is 0 Å². The van der Waals surface area contributed by atoms with Crippen LogP contribution in [0.25, 0.3) is 0 Å². The minimum atomic E-state index is 0.410. The fourth-order valence-electron chi connectivity index (χ4n) is 2.93. The summed E-state index contributed by atoms with van der Waals surface area (Å²) in [4.78, 5) is 0. The Balaban J connectivity index is 2.12. The minimum Gasteiger partial charge on any atom is -0.467 e. The largest absolute Gasteiger partial charge is 0.467 e. The van der Waals surface area contributed by atoms with Gasteiger partial charge in [0.05, 0.1) is 12.3 Å². The number of furan rings is 1. The van der Waals surface area contributed by atoms with Crippen molar-refractivity contribution in [3.05, 3.63) is 23.7 Å². The predicted molar refractivity (Wildman–Crippen MR) is 66.4 cm³/mol. The normalized spacial score (nSPS) is 20.6. The molecule has 1 heterocycles. The Bertz CT molecular complexity index is 310. The molecule has 0 bridgehead atoms. The fourth-order valence-corrected chi connectivity index (χ4v) is 2.93. The molecule has 1 N–H and O–H groups in total. The summed E-state index contributed by atoms with van der Waals surface area (Å²) in [6, 6.07) is 2.48. The standard InChI is InChI=1S/C14H23NO/c1-11-9-10-16-14(11)13(15-2)12-7-5-3-4-6-8-12/h9-10,12-13,15H,3-8H2,1-2H3. The summed E-state index contributed by atoms with van der Waals surface area (Å²) in [5, 5.41) is 3.45. The first kappa shape index (κ1) is 11.7. The Morgan fingerprint density at radius 2 is 1.94 bits per heavy atom. The molecule has 1 aromatic heterocycles. The molecule has 0 spiro atoms. The maximum atomic E-state index is 5.65. The molecule has 16 heavy (non-hydrogen) atoms. The molecule has 2 rings (SSSR count).